The molecule has 0 aliphatic carbocycles. The monoisotopic (exact) mass is 126 g/mol. The second kappa shape index (κ2) is 2.09. The van der Waals surface area contributed by atoms with E-state index in [1.54, 1.807) is 18.0 Å². The molecule has 0 radical (unpaired) electrons. The Hall–Kier alpha value is -0.990. The summed E-state index contributed by atoms with van der Waals surface area (Å²) >= 11 is 0. The molecule has 1 amide bonds. The summed E-state index contributed by atoms with van der Waals surface area (Å²) in [5.74, 6) is 0.0752. The molecule has 3 heteroatoms. The zero-order valence-corrected chi connectivity index (χ0v) is 5.64. The minimum absolute atomic E-state index is 0.0752. The minimum Gasteiger partial charge on any atom is -0.371 e. The van der Waals surface area contributed by atoms with Crippen LogP contribution in [0.4, 0.5) is 0 Å². The smallest absolute Gasteiger partial charge is 0.249 e. The van der Waals surface area contributed by atoms with Gasteiger partial charge in [0.25, 0.3) is 0 Å². The summed E-state index contributed by atoms with van der Waals surface area (Å²) in [5.41, 5.74) is 0.943. The molecule has 1 N–H and O–H groups in total. The van der Waals surface area contributed by atoms with Crippen LogP contribution in [0.2, 0.25) is 0 Å². The number of nitrogens with one attached hydrogen (secondary N) is 1. The van der Waals surface area contributed by atoms with E-state index < -0.39 is 0 Å². The Morgan fingerprint density at radius 3 is 2.89 bits per heavy atom. The fraction of sp³-hybridized carbons (Fsp3) is 0.500. The Morgan fingerprint density at radius 1 is 1.78 bits per heavy atom. The number of likely N-dealkylation sites (N-methyl/N-ethyl adjacent to an activating group) is 1. The van der Waals surface area contributed by atoms with Gasteiger partial charge >= 0.3 is 0 Å². The lowest BCUT2D eigenvalue weighted by Gasteiger charge is -2.21. The van der Waals surface area contributed by atoms with Crippen LogP contribution in [0.1, 0.15) is 6.92 Å². The first kappa shape index (κ1) is 6.13. The molecule has 3 nitrogen and oxygen atoms in total. The number of allylic oxidation sites excluding steroid dienone is 1. The van der Waals surface area contributed by atoms with Crippen LogP contribution in [-0.4, -0.2) is 24.5 Å². The highest BCUT2D eigenvalue weighted by molar-refractivity contribution is 5.88. The minimum atomic E-state index is 0.0752. The summed E-state index contributed by atoms with van der Waals surface area (Å²) in [6, 6.07) is 0. The molecule has 0 saturated carbocycles. The molecule has 0 saturated heterocycles. The molecule has 0 aromatic heterocycles. The fourth-order valence-corrected chi connectivity index (χ4v) is 0.668. The van der Waals surface area contributed by atoms with Gasteiger partial charge in [0, 0.05) is 18.8 Å². The van der Waals surface area contributed by atoms with Crippen molar-refractivity contribution in [1.82, 2.24) is 10.2 Å². The van der Waals surface area contributed by atoms with Gasteiger partial charge in [0.15, 0.2) is 0 Å². The van der Waals surface area contributed by atoms with Gasteiger partial charge in [0.2, 0.25) is 5.91 Å². The quantitative estimate of drug-likeness (QED) is 0.492. The Balaban J connectivity index is 2.70. The van der Waals surface area contributed by atoms with E-state index in [2.05, 4.69) is 5.32 Å². The largest absolute Gasteiger partial charge is 0.371 e. The summed E-state index contributed by atoms with van der Waals surface area (Å²) in [6.07, 6.45) is 1.59. The van der Waals surface area contributed by atoms with Crippen LogP contribution >= 0.6 is 0 Å². The van der Waals surface area contributed by atoms with Crippen LogP contribution in [0, 0.1) is 0 Å². The molecule has 9 heavy (non-hydrogen) atoms. The molecule has 0 unspecified atom stereocenters. The van der Waals surface area contributed by atoms with Crippen molar-refractivity contribution < 1.29 is 4.79 Å². The lowest BCUT2D eigenvalue weighted by atomic mass is 10.3. The van der Waals surface area contributed by atoms with Crippen molar-refractivity contribution in [2.24, 2.45) is 0 Å². The highest BCUT2D eigenvalue weighted by atomic mass is 16.2. The molecule has 1 aliphatic rings. The first-order chi connectivity index (χ1) is 4.20. The van der Waals surface area contributed by atoms with Crippen LogP contribution in [0.5, 0.6) is 0 Å². The highest BCUT2D eigenvalue weighted by Crippen LogP contribution is 1.96. The zero-order chi connectivity index (χ0) is 6.85. The molecule has 0 aromatic rings. The predicted octanol–water partition coefficient (Wildman–Crippen LogP) is -0.0907. The standard InChI is InChI=1S/C6H10N2O/c1-5-3-6(9)8(2)4-7-5/h3,7H,4H2,1-2H3. The molecule has 0 atom stereocenters. The first-order valence-corrected chi connectivity index (χ1v) is 2.87. The van der Waals surface area contributed by atoms with Gasteiger partial charge in [-0.3, -0.25) is 4.79 Å². The molecule has 0 fully saturated rings. The summed E-state index contributed by atoms with van der Waals surface area (Å²) < 4.78 is 0. The molecule has 1 heterocycles. The third kappa shape index (κ3) is 1.22. The van der Waals surface area contributed by atoms with Crippen LogP contribution in [0.25, 0.3) is 0 Å². The molecular formula is C6H10N2O. The Labute approximate surface area is 54.3 Å². The van der Waals surface area contributed by atoms with Crippen molar-refractivity contribution in [3.05, 3.63) is 11.8 Å². The van der Waals surface area contributed by atoms with E-state index in [1.807, 2.05) is 6.92 Å². The Morgan fingerprint density at radius 2 is 2.44 bits per heavy atom. The van der Waals surface area contributed by atoms with Gasteiger partial charge in [-0.05, 0) is 6.92 Å². The molecule has 0 spiro atoms. The second-order valence-electron chi connectivity index (χ2n) is 2.20. The van der Waals surface area contributed by atoms with Crippen molar-refractivity contribution in [1.29, 1.82) is 0 Å². The van der Waals surface area contributed by atoms with Crippen LogP contribution in [-0.2, 0) is 4.79 Å². The number of carbonyl (C=O) groups excluding carboxylic acids is 1. The highest BCUT2D eigenvalue weighted by Gasteiger charge is 2.09. The van der Waals surface area contributed by atoms with Crippen molar-refractivity contribution in [2.45, 2.75) is 6.92 Å². The van der Waals surface area contributed by atoms with E-state index in [0.29, 0.717) is 6.67 Å². The van der Waals surface area contributed by atoms with Gasteiger partial charge in [0.1, 0.15) is 0 Å². The molecule has 1 rings (SSSR count). The summed E-state index contributed by atoms with van der Waals surface area (Å²) in [6.45, 7) is 2.51. The summed E-state index contributed by atoms with van der Waals surface area (Å²) in [5, 5.41) is 3.03. The Bertz CT molecular complexity index is 162. The van der Waals surface area contributed by atoms with Gasteiger partial charge in [-0.15, -0.1) is 0 Å². The predicted molar refractivity (Wildman–Crippen MR) is 34.5 cm³/mol. The SMILES string of the molecule is CC1=CC(=O)N(C)CN1. The fourth-order valence-electron chi connectivity index (χ4n) is 0.668. The number of hydrogen-bond acceptors (Lipinski definition) is 2. The zero-order valence-electron chi connectivity index (χ0n) is 5.64. The van der Waals surface area contributed by atoms with E-state index in [1.165, 1.54) is 0 Å². The number of rotatable bonds is 0. The van der Waals surface area contributed by atoms with Crippen molar-refractivity contribution in [3.63, 3.8) is 0 Å². The second-order valence-corrected chi connectivity index (χ2v) is 2.20. The molecule has 1 aliphatic heterocycles. The number of nitrogens with zero attached hydrogens (tertiary/aromatic N) is 1. The van der Waals surface area contributed by atoms with Crippen molar-refractivity contribution in [2.75, 3.05) is 13.7 Å². The normalized spacial score (nSPS) is 19.1. The average Bonchev–Trinajstić information content (AvgIpc) is 1.80. The molecule has 50 valence electrons. The van der Waals surface area contributed by atoms with E-state index in [-0.39, 0.29) is 5.91 Å². The van der Waals surface area contributed by atoms with E-state index in [0.717, 1.165) is 5.70 Å². The average molecular weight is 126 g/mol. The lowest BCUT2D eigenvalue weighted by Crippen LogP contribution is -2.38. The van der Waals surface area contributed by atoms with Crippen LogP contribution in [0.3, 0.4) is 0 Å². The first-order valence-electron chi connectivity index (χ1n) is 2.87. The van der Waals surface area contributed by atoms with Crippen LogP contribution in [0.15, 0.2) is 11.8 Å². The topological polar surface area (TPSA) is 32.3 Å². The third-order valence-corrected chi connectivity index (χ3v) is 1.31. The maximum Gasteiger partial charge on any atom is 0.249 e. The van der Waals surface area contributed by atoms with E-state index in [4.69, 9.17) is 0 Å². The van der Waals surface area contributed by atoms with Gasteiger partial charge in [-0.25, -0.2) is 0 Å². The van der Waals surface area contributed by atoms with Crippen molar-refractivity contribution in [3.8, 4) is 0 Å². The summed E-state index contributed by atoms with van der Waals surface area (Å²) in [4.78, 5) is 12.4. The number of amides is 1. The molecular weight excluding hydrogens is 116 g/mol. The van der Waals surface area contributed by atoms with Gasteiger partial charge in [-0.1, -0.05) is 0 Å². The van der Waals surface area contributed by atoms with Gasteiger partial charge < -0.3 is 10.2 Å². The summed E-state index contributed by atoms with van der Waals surface area (Å²) in [7, 11) is 1.76. The maximum atomic E-state index is 10.8. The number of hydrogen-bond donors (Lipinski definition) is 1. The van der Waals surface area contributed by atoms with Gasteiger partial charge in [0.05, 0.1) is 6.67 Å². The third-order valence-electron chi connectivity index (χ3n) is 1.31. The van der Waals surface area contributed by atoms with Crippen LogP contribution < -0.4 is 5.32 Å². The lowest BCUT2D eigenvalue weighted by molar-refractivity contribution is -0.125. The molecule has 0 bridgehead atoms. The Kier molecular flexibility index (Phi) is 1.42. The maximum absolute atomic E-state index is 10.8. The van der Waals surface area contributed by atoms with Gasteiger partial charge in [-0.2, -0.15) is 0 Å². The number of carbonyl (C=O) groups is 1. The van der Waals surface area contributed by atoms with E-state index in [9.17, 15) is 4.79 Å². The van der Waals surface area contributed by atoms with E-state index >= 15 is 0 Å². The molecule has 0 aromatic carbocycles. The van der Waals surface area contributed by atoms with Crippen molar-refractivity contribution >= 4 is 5.91 Å².